The largest absolute Gasteiger partial charge is 0.339 e. The van der Waals surface area contributed by atoms with Crippen LogP contribution in [0.1, 0.15) is 75.2 Å². The molecule has 0 atom stereocenters. The van der Waals surface area contributed by atoms with Gasteiger partial charge in [-0.2, -0.15) is 0 Å². The first-order chi connectivity index (χ1) is 10.8. The van der Waals surface area contributed by atoms with Gasteiger partial charge in [0.25, 0.3) is 0 Å². The van der Waals surface area contributed by atoms with Crippen molar-refractivity contribution in [2.75, 3.05) is 20.1 Å². The van der Waals surface area contributed by atoms with Crippen LogP contribution >= 0.6 is 0 Å². The smallest absolute Gasteiger partial charge is 0.219 e. The van der Waals surface area contributed by atoms with E-state index in [-0.39, 0.29) is 17.0 Å². The first-order valence-electron chi connectivity index (χ1n) is 9.56. The van der Waals surface area contributed by atoms with E-state index in [1.807, 2.05) is 0 Å². The highest BCUT2D eigenvalue weighted by Crippen LogP contribution is 2.38. The lowest BCUT2D eigenvalue weighted by Crippen LogP contribution is -2.63. The van der Waals surface area contributed by atoms with Crippen molar-refractivity contribution in [2.45, 2.75) is 104 Å². The molecule has 142 valence electrons. The third kappa shape index (κ3) is 4.95. The van der Waals surface area contributed by atoms with Gasteiger partial charge in [-0.05, 0) is 75.3 Å². The summed E-state index contributed by atoms with van der Waals surface area (Å²) in [6.45, 7) is 21.6. The van der Waals surface area contributed by atoms with E-state index >= 15 is 0 Å². The number of likely N-dealkylation sites (tertiary alicyclic amines) is 1. The second kappa shape index (κ2) is 7.74. The van der Waals surface area contributed by atoms with Crippen LogP contribution < -0.4 is 0 Å². The highest BCUT2D eigenvalue weighted by molar-refractivity contribution is 5.73. The molecule has 1 amide bonds. The van der Waals surface area contributed by atoms with Gasteiger partial charge in [-0.1, -0.05) is 0 Å². The summed E-state index contributed by atoms with van der Waals surface area (Å²) >= 11 is 0. The van der Waals surface area contributed by atoms with Crippen LogP contribution in [0.3, 0.4) is 0 Å². The lowest BCUT2D eigenvalue weighted by molar-refractivity contribution is -0.136. The van der Waals surface area contributed by atoms with E-state index in [1.54, 1.807) is 6.92 Å². The average molecular weight is 340 g/mol. The monoisotopic (exact) mass is 339 g/mol. The molecule has 0 spiro atoms. The van der Waals surface area contributed by atoms with Gasteiger partial charge in [0.2, 0.25) is 5.91 Å². The Balaban J connectivity index is 2.91. The first kappa shape index (κ1) is 21.4. The van der Waals surface area contributed by atoms with E-state index in [0.717, 1.165) is 25.9 Å². The van der Waals surface area contributed by atoms with Gasteiger partial charge in [-0.15, -0.1) is 0 Å². The van der Waals surface area contributed by atoms with Crippen molar-refractivity contribution >= 4 is 5.91 Å². The molecular weight excluding hydrogens is 298 g/mol. The maximum Gasteiger partial charge on any atom is 0.219 e. The number of nitrogens with zero attached hydrogens (tertiary/aromatic N) is 3. The lowest BCUT2D eigenvalue weighted by atomic mass is 9.77. The molecule has 0 aromatic rings. The quantitative estimate of drug-likeness (QED) is 0.740. The fraction of sp³-hybridized carbons (Fsp3) is 0.950. The average Bonchev–Trinajstić information content (AvgIpc) is 2.38. The molecular formula is C20H41N3O. The number of piperidine rings is 1. The number of hydrogen-bond donors (Lipinski definition) is 0. The zero-order chi connectivity index (χ0) is 18.9. The van der Waals surface area contributed by atoms with Gasteiger partial charge in [0.1, 0.15) is 0 Å². The van der Waals surface area contributed by atoms with E-state index < -0.39 is 0 Å². The van der Waals surface area contributed by atoms with Gasteiger partial charge in [0, 0.05) is 49.2 Å². The predicted octanol–water partition coefficient (Wildman–Crippen LogP) is 3.61. The van der Waals surface area contributed by atoms with Crippen molar-refractivity contribution < 1.29 is 4.79 Å². The standard InChI is InChI=1S/C20H41N3O/c1-15(2)22(16(3)4)11-12-23(17(5)24)18-13-19(6,7)21(10)20(8,9)14-18/h15-16,18H,11-14H2,1-10H3. The Hall–Kier alpha value is -0.610. The minimum atomic E-state index is 0.107. The molecule has 1 rings (SSSR count). The van der Waals surface area contributed by atoms with E-state index in [1.165, 1.54) is 0 Å². The molecule has 0 bridgehead atoms. The van der Waals surface area contributed by atoms with E-state index in [2.05, 4.69) is 77.1 Å². The number of carbonyl (C=O) groups is 1. The van der Waals surface area contributed by atoms with Crippen molar-refractivity contribution in [3.63, 3.8) is 0 Å². The summed E-state index contributed by atoms with van der Waals surface area (Å²) in [6, 6.07) is 1.33. The van der Waals surface area contributed by atoms with Gasteiger partial charge < -0.3 is 4.90 Å². The third-order valence-corrected chi connectivity index (χ3v) is 6.06. The molecule has 0 N–H and O–H groups in total. The van der Waals surface area contributed by atoms with Crippen LogP contribution in [0.5, 0.6) is 0 Å². The fourth-order valence-electron chi connectivity index (χ4n) is 4.47. The van der Waals surface area contributed by atoms with Crippen LogP contribution in [0.4, 0.5) is 0 Å². The highest BCUT2D eigenvalue weighted by Gasteiger charge is 2.45. The Kier molecular flexibility index (Phi) is 6.91. The Morgan fingerprint density at radius 1 is 1.00 bits per heavy atom. The van der Waals surface area contributed by atoms with Crippen molar-refractivity contribution in [2.24, 2.45) is 0 Å². The minimum absolute atomic E-state index is 0.107. The van der Waals surface area contributed by atoms with Crippen LogP contribution in [0.15, 0.2) is 0 Å². The van der Waals surface area contributed by atoms with Crippen LogP contribution in [-0.4, -0.2) is 69.9 Å². The second-order valence-electron chi connectivity index (χ2n) is 9.38. The Labute approximate surface area is 150 Å². The van der Waals surface area contributed by atoms with E-state index in [9.17, 15) is 4.79 Å². The molecule has 1 heterocycles. The number of hydrogen-bond acceptors (Lipinski definition) is 3. The molecule has 0 aromatic heterocycles. The molecule has 0 saturated carbocycles. The van der Waals surface area contributed by atoms with Gasteiger partial charge in [0.05, 0.1) is 0 Å². The molecule has 4 heteroatoms. The minimum Gasteiger partial charge on any atom is -0.339 e. The Morgan fingerprint density at radius 3 is 1.75 bits per heavy atom. The van der Waals surface area contributed by atoms with E-state index in [0.29, 0.717) is 18.1 Å². The first-order valence-corrected chi connectivity index (χ1v) is 9.56. The summed E-state index contributed by atoms with van der Waals surface area (Å²) in [6.07, 6.45) is 2.08. The molecule has 4 nitrogen and oxygen atoms in total. The van der Waals surface area contributed by atoms with Crippen molar-refractivity contribution in [1.82, 2.24) is 14.7 Å². The SMILES string of the molecule is CC(=O)N(CCN(C(C)C)C(C)C)C1CC(C)(C)N(C)C(C)(C)C1. The number of amides is 1. The zero-order valence-corrected chi connectivity index (χ0v) is 17.8. The number of rotatable bonds is 6. The normalized spacial score (nSPS) is 21.7. The second-order valence-corrected chi connectivity index (χ2v) is 9.38. The van der Waals surface area contributed by atoms with Gasteiger partial charge >= 0.3 is 0 Å². The highest BCUT2D eigenvalue weighted by atomic mass is 16.2. The summed E-state index contributed by atoms with van der Waals surface area (Å²) in [4.78, 5) is 19.5. The third-order valence-electron chi connectivity index (χ3n) is 6.06. The van der Waals surface area contributed by atoms with Crippen LogP contribution in [0.25, 0.3) is 0 Å². The molecule has 0 unspecified atom stereocenters. The van der Waals surface area contributed by atoms with Crippen molar-refractivity contribution in [3.05, 3.63) is 0 Å². The molecule has 0 aromatic carbocycles. The van der Waals surface area contributed by atoms with E-state index in [4.69, 9.17) is 0 Å². The molecule has 1 fully saturated rings. The topological polar surface area (TPSA) is 26.8 Å². The van der Waals surface area contributed by atoms with Gasteiger partial charge in [0.15, 0.2) is 0 Å². The molecule has 1 aliphatic rings. The molecule has 0 radical (unpaired) electrons. The molecule has 0 aliphatic carbocycles. The summed E-state index contributed by atoms with van der Waals surface area (Å²) in [5.41, 5.74) is 0.214. The molecule has 1 aliphatic heterocycles. The molecule has 24 heavy (non-hydrogen) atoms. The Morgan fingerprint density at radius 2 is 1.42 bits per heavy atom. The van der Waals surface area contributed by atoms with Crippen molar-refractivity contribution in [1.29, 1.82) is 0 Å². The Bertz CT molecular complexity index is 403. The molecule has 1 saturated heterocycles. The van der Waals surface area contributed by atoms with Crippen LogP contribution in [0.2, 0.25) is 0 Å². The van der Waals surface area contributed by atoms with Crippen molar-refractivity contribution in [3.8, 4) is 0 Å². The lowest BCUT2D eigenvalue weighted by Gasteiger charge is -2.55. The van der Waals surface area contributed by atoms with Crippen LogP contribution in [-0.2, 0) is 4.79 Å². The van der Waals surface area contributed by atoms with Crippen LogP contribution in [0, 0.1) is 0 Å². The van der Waals surface area contributed by atoms with Gasteiger partial charge in [-0.3, -0.25) is 14.6 Å². The summed E-state index contributed by atoms with van der Waals surface area (Å²) in [5, 5.41) is 0. The zero-order valence-electron chi connectivity index (χ0n) is 17.8. The maximum absolute atomic E-state index is 12.4. The van der Waals surface area contributed by atoms with Gasteiger partial charge in [-0.25, -0.2) is 0 Å². The maximum atomic E-state index is 12.4. The number of carbonyl (C=O) groups excluding carboxylic acids is 1. The predicted molar refractivity (Wildman–Crippen MR) is 103 cm³/mol. The summed E-state index contributed by atoms with van der Waals surface area (Å²) in [7, 11) is 2.22. The fourth-order valence-corrected chi connectivity index (χ4v) is 4.47. The summed E-state index contributed by atoms with van der Waals surface area (Å²) < 4.78 is 0. The summed E-state index contributed by atoms with van der Waals surface area (Å²) in [5.74, 6) is 0.212.